The van der Waals surface area contributed by atoms with Gasteiger partial charge in [-0.2, -0.15) is 0 Å². The minimum atomic E-state index is -0.504. The zero-order valence-electron chi connectivity index (χ0n) is 24.4. The number of hydrogen-bond donors (Lipinski definition) is 0. The van der Waals surface area contributed by atoms with Crippen LogP contribution in [0.15, 0.2) is 97.1 Å². The van der Waals surface area contributed by atoms with Gasteiger partial charge in [0.25, 0.3) is 0 Å². The second-order valence-corrected chi connectivity index (χ2v) is 12.1. The predicted molar refractivity (Wildman–Crippen MR) is 174 cm³/mol. The van der Waals surface area contributed by atoms with Gasteiger partial charge in [0.15, 0.2) is 11.5 Å². The first kappa shape index (κ1) is 29.5. The van der Waals surface area contributed by atoms with Crippen LogP contribution >= 0.6 is 11.3 Å². The van der Waals surface area contributed by atoms with E-state index in [1.54, 1.807) is 6.07 Å². The van der Waals surface area contributed by atoms with E-state index in [9.17, 15) is 14.9 Å². The number of nitro groups is 1. The molecule has 0 atom stereocenters. The Morgan fingerprint density at radius 3 is 2.36 bits per heavy atom. The lowest BCUT2D eigenvalue weighted by Gasteiger charge is -2.22. The molecule has 0 unspecified atom stereocenters. The summed E-state index contributed by atoms with van der Waals surface area (Å²) in [5, 5.41) is 13.2. The summed E-state index contributed by atoms with van der Waals surface area (Å²) in [5.41, 5.74) is 3.50. The SMILES string of the molecule is O=C(CN(CCOc1cccc2c3c(sc12)CCCC3)Cc1ccccc1)c1ccc(OCc2ccccc2)c([N+](=O)[O-])c1. The van der Waals surface area contributed by atoms with Crippen molar-refractivity contribution in [1.29, 1.82) is 0 Å². The fourth-order valence-electron chi connectivity index (χ4n) is 5.70. The number of ether oxygens (including phenoxy) is 2. The molecule has 224 valence electrons. The Hall–Kier alpha value is -4.53. The molecule has 44 heavy (non-hydrogen) atoms. The number of ketones is 1. The van der Waals surface area contributed by atoms with Crippen molar-refractivity contribution < 1.29 is 19.2 Å². The summed E-state index contributed by atoms with van der Waals surface area (Å²) >= 11 is 1.84. The highest BCUT2D eigenvalue weighted by Crippen LogP contribution is 2.40. The van der Waals surface area contributed by atoms with Crippen LogP contribution in [0.5, 0.6) is 11.5 Å². The van der Waals surface area contributed by atoms with Crippen molar-refractivity contribution in [2.24, 2.45) is 0 Å². The fourth-order valence-corrected chi connectivity index (χ4v) is 7.05. The summed E-state index contributed by atoms with van der Waals surface area (Å²) in [6.45, 7) is 1.77. The number of carbonyl (C=O) groups is 1. The number of nitro benzene ring substituents is 1. The zero-order chi connectivity index (χ0) is 30.3. The highest BCUT2D eigenvalue weighted by Gasteiger charge is 2.22. The minimum absolute atomic E-state index is 0.0944. The van der Waals surface area contributed by atoms with Gasteiger partial charge in [-0.1, -0.05) is 72.8 Å². The van der Waals surface area contributed by atoms with E-state index in [-0.39, 0.29) is 35.9 Å². The van der Waals surface area contributed by atoms with Crippen LogP contribution in [-0.4, -0.2) is 35.3 Å². The van der Waals surface area contributed by atoms with Gasteiger partial charge >= 0.3 is 5.69 Å². The number of thiophene rings is 1. The minimum Gasteiger partial charge on any atom is -0.491 e. The maximum Gasteiger partial charge on any atom is 0.311 e. The molecule has 1 aromatic heterocycles. The molecule has 0 saturated heterocycles. The normalized spacial score (nSPS) is 12.7. The van der Waals surface area contributed by atoms with E-state index in [0.29, 0.717) is 19.7 Å². The molecule has 6 rings (SSSR count). The predicted octanol–water partition coefficient (Wildman–Crippen LogP) is 8.03. The van der Waals surface area contributed by atoms with E-state index in [0.717, 1.165) is 29.7 Å². The molecule has 0 bridgehead atoms. The van der Waals surface area contributed by atoms with Crippen LogP contribution < -0.4 is 9.47 Å². The third kappa shape index (κ3) is 6.98. The van der Waals surface area contributed by atoms with Gasteiger partial charge in [0.2, 0.25) is 0 Å². The number of Topliss-reactive ketones (excluding diaryl/α,β-unsaturated/α-hetero) is 1. The third-order valence-corrected chi connectivity index (χ3v) is 9.26. The van der Waals surface area contributed by atoms with Crippen molar-refractivity contribution in [1.82, 2.24) is 4.90 Å². The van der Waals surface area contributed by atoms with Crippen molar-refractivity contribution in [3.05, 3.63) is 134 Å². The maximum absolute atomic E-state index is 13.5. The molecule has 0 spiro atoms. The van der Waals surface area contributed by atoms with E-state index >= 15 is 0 Å². The summed E-state index contributed by atoms with van der Waals surface area (Å²) in [6, 6.07) is 30.1. The lowest BCUT2D eigenvalue weighted by Crippen LogP contribution is -2.33. The molecular weight excluding hydrogens is 572 g/mol. The van der Waals surface area contributed by atoms with Gasteiger partial charge in [-0.25, -0.2) is 0 Å². The molecular formula is C36H34N2O5S. The maximum atomic E-state index is 13.5. The van der Waals surface area contributed by atoms with Crippen molar-refractivity contribution in [2.45, 2.75) is 38.8 Å². The lowest BCUT2D eigenvalue weighted by atomic mass is 9.96. The van der Waals surface area contributed by atoms with Gasteiger partial charge in [0.1, 0.15) is 19.0 Å². The van der Waals surface area contributed by atoms with Crippen molar-refractivity contribution in [3.63, 3.8) is 0 Å². The van der Waals surface area contributed by atoms with Crippen molar-refractivity contribution >= 4 is 32.9 Å². The average Bonchev–Trinajstić information content (AvgIpc) is 3.44. The largest absolute Gasteiger partial charge is 0.491 e. The molecule has 1 aliphatic carbocycles. The summed E-state index contributed by atoms with van der Waals surface area (Å²) in [4.78, 5) is 28.4. The second-order valence-electron chi connectivity index (χ2n) is 11.0. The highest BCUT2D eigenvalue weighted by atomic mass is 32.1. The number of nitrogens with zero attached hydrogens (tertiary/aromatic N) is 2. The van der Waals surface area contributed by atoms with Gasteiger partial charge in [-0.15, -0.1) is 11.3 Å². The van der Waals surface area contributed by atoms with Crippen LogP contribution in [0, 0.1) is 10.1 Å². The van der Waals surface area contributed by atoms with Crippen LogP contribution in [-0.2, 0) is 26.0 Å². The Morgan fingerprint density at radius 2 is 1.59 bits per heavy atom. The number of carbonyl (C=O) groups excluding carboxylic acids is 1. The van der Waals surface area contributed by atoms with Crippen LogP contribution in [0.3, 0.4) is 0 Å². The van der Waals surface area contributed by atoms with E-state index in [1.807, 2.05) is 83.0 Å². The Kier molecular flexibility index (Phi) is 9.29. The first-order valence-electron chi connectivity index (χ1n) is 15.0. The molecule has 7 nitrogen and oxygen atoms in total. The standard InChI is InChI=1S/C36H34N2O5S/c39-32(28-18-19-33(31(22-28)38(40)41)43-25-27-12-5-2-6-13-27)24-37(23-26-10-3-1-4-11-26)20-21-42-34-16-9-15-30-29-14-7-8-17-35(29)44-36(30)34/h1-6,9-13,15-16,18-19,22H,7-8,14,17,20-21,23-25H2. The first-order valence-corrected chi connectivity index (χ1v) is 15.8. The molecule has 0 amide bonds. The van der Waals surface area contributed by atoms with Crippen molar-refractivity contribution in [2.75, 3.05) is 19.7 Å². The van der Waals surface area contributed by atoms with Crippen LogP contribution in [0.4, 0.5) is 5.69 Å². The summed E-state index contributed by atoms with van der Waals surface area (Å²) < 4.78 is 13.3. The Morgan fingerprint density at radius 1 is 0.841 bits per heavy atom. The third-order valence-electron chi connectivity index (χ3n) is 7.94. The molecule has 0 fully saturated rings. The average molecular weight is 607 g/mol. The molecule has 1 aliphatic rings. The zero-order valence-corrected chi connectivity index (χ0v) is 25.3. The molecule has 0 radical (unpaired) electrons. The first-order chi connectivity index (χ1) is 21.5. The fraction of sp³-hybridized carbons (Fsp3) is 0.250. The number of rotatable bonds is 13. The van der Waals surface area contributed by atoms with E-state index < -0.39 is 4.92 Å². The van der Waals surface area contributed by atoms with Gasteiger partial charge in [-0.3, -0.25) is 19.8 Å². The number of aryl methyl sites for hydroxylation is 2. The number of fused-ring (bicyclic) bond motifs is 3. The monoisotopic (exact) mass is 606 g/mol. The van der Waals surface area contributed by atoms with Crippen molar-refractivity contribution in [3.8, 4) is 11.5 Å². The van der Waals surface area contributed by atoms with E-state index in [2.05, 4.69) is 12.1 Å². The lowest BCUT2D eigenvalue weighted by molar-refractivity contribution is -0.386. The van der Waals surface area contributed by atoms with Gasteiger partial charge < -0.3 is 9.47 Å². The topological polar surface area (TPSA) is 81.9 Å². The van der Waals surface area contributed by atoms with Gasteiger partial charge in [0.05, 0.1) is 16.2 Å². The molecule has 4 aromatic carbocycles. The number of benzene rings is 4. The van der Waals surface area contributed by atoms with E-state index in [1.165, 1.54) is 45.5 Å². The summed E-state index contributed by atoms with van der Waals surface area (Å²) in [6.07, 6.45) is 4.74. The summed E-state index contributed by atoms with van der Waals surface area (Å²) in [7, 11) is 0. The second kappa shape index (κ2) is 13.8. The van der Waals surface area contributed by atoms with Crippen LogP contribution in [0.2, 0.25) is 0 Å². The quantitative estimate of drug-likeness (QED) is 0.0767. The summed E-state index contributed by atoms with van der Waals surface area (Å²) in [5.74, 6) is 0.815. The Labute approximate surface area is 260 Å². The van der Waals surface area contributed by atoms with E-state index in [4.69, 9.17) is 9.47 Å². The van der Waals surface area contributed by atoms with Crippen LogP contribution in [0.25, 0.3) is 10.1 Å². The van der Waals surface area contributed by atoms with Gasteiger partial charge in [0, 0.05) is 29.6 Å². The molecule has 0 N–H and O–H groups in total. The number of hydrogen-bond acceptors (Lipinski definition) is 7. The highest BCUT2D eigenvalue weighted by molar-refractivity contribution is 7.19. The molecule has 5 aromatic rings. The Bertz CT molecular complexity index is 1750. The molecule has 1 heterocycles. The Balaban J connectivity index is 1.15. The van der Waals surface area contributed by atoms with Crippen LogP contribution in [0.1, 0.15) is 44.8 Å². The smallest absolute Gasteiger partial charge is 0.311 e. The van der Waals surface area contributed by atoms with Gasteiger partial charge in [-0.05, 0) is 66.0 Å². The molecule has 0 saturated carbocycles. The molecule has 8 heteroatoms. The molecule has 0 aliphatic heterocycles.